The van der Waals surface area contributed by atoms with E-state index in [-0.39, 0.29) is 29.8 Å². The largest absolute Gasteiger partial charge is 0.481 e. The molecule has 0 fully saturated rings. The number of nitrogens with one attached hydrogen (secondary N) is 2. The number of carboxylic acids is 1. The molecular formula is C31H38N4O8. The summed E-state index contributed by atoms with van der Waals surface area (Å²) in [7, 11) is 0. The van der Waals surface area contributed by atoms with Gasteiger partial charge >= 0.3 is 5.97 Å². The highest BCUT2D eigenvalue weighted by molar-refractivity contribution is 6.43. The molecule has 12 heteroatoms. The van der Waals surface area contributed by atoms with Crippen molar-refractivity contribution >= 4 is 53.0 Å². The highest BCUT2D eigenvalue weighted by Gasteiger charge is 2.38. The number of nitrogens with zero attached hydrogens (tertiary/aromatic N) is 2. The molecule has 0 saturated carbocycles. The maximum Gasteiger partial charge on any atom is 0.305 e. The maximum atomic E-state index is 13.6. The van der Waals surface area contributed by atoms with Crippen LogP contribution in [0.2, 0.25) is 0 Å². The molecular weight excluding hydrogens is 556 g/mol. The predicted octanol–water partition coefficient (Wildman–Crippen LogP) is 2.27. The summed E-state index contributed by atoms with van der Waals surface area (Å²) in [5.41, 5.74) is 1.44. The summed E-state index contributed by atoms with van der Waals surface area (Å²) in [6.07, 6.45) is 0.916. The van der Waals surface area contributed by atoms with Crippen LogP contribution < -0.4 is 20.4 Å². The zero-order chi connectivity index (χ0) is 32.3. The van der Waals surface area contributed by atoms with E-state index in [4.69, 9.17) is 5.11 Å². The fourth-order valence-corrected chi connectivity index (χ4v) is 3.93. The van der Waals surface area contributed by atoms with Crippen LogP contribution in [0.15, 0.2) is 48.5 Å². The fourth-order valence-electron chi connectivity index (χ4n) is 3.93. The molecule has 4 amide bonds. The van der Waals surface area contributed by atoms with Crippen LogP contribution in [-0.4, -0.2) is 71.9 Å². The van der Waals surface area contributed by atoms with E-state index in [2.05, 4.69) is 31.4 Å². The summed E-state index contributed by atoms with van der Waals surface area (Å²) in [6, 6.07) is 9.77. The van der Waals surface area contributed by atoms with E-state index < -0.39 is 60.4 Å². The second kappa shape index (κ2) is 15.9. The number of ketones is 1. The number of aldehydes is 1. The van der Waals surface area contributed by atoms with Gasteiger partial charge in [0.15, 0.2) is 0 Å². The number of Topliss-reactive ketones (excluding diaryl/α,β-unsaturated/α-hetero) is 1. The molecule has 12 nitrogen and oxygen atoms in total. The quantitative estimate of drug-likeness (QED) is 0.214. The number of rotatable bonds is 10. The van der Waals surface area contributed by atoms with Crippen molar-refractivity contribution in [3.8, 4) is 0 Å². The van der Waals surface area contributed by atoms with Gasteiger partial charge in [0.2, 0.25) is 17.6 Å². The Hall–Kier alpha value is -4.87. The van der Waals surface area contributed by atoms with E-state index in [0.717, 1.165) is 16.4 Å². The highest BCUT2D eigenvalue weighted by atomic mass is 16.4. The number of carboxylic acid groups (broad SMARTS) is 1. The second-order valence-corrected chi connectivity index (χ2v) is 10.5. The molecule has 2 aromatic carbocycles. The summed E-state index contributed by atoms with van der Waals surface area (Å²) in [4.78, 5) is 88.7. The van der Waals surface area contributed by atoms with Gasteiger partial charge in [-0.15, -0.1) is 0 Å². The average molecular weight is 595 g/mol. The van der Waals surface area contributed by atoms with Gasteiger partial charge in [-0.3, -0.25) is 33.7 Å². The lowest BCUT2D eigenvalue weighted by Gasteiger charge is -2.25. The van der Waals surface area contributed by atoms with E-state index in [1.165, 1.54) is 36.4 Å². The van der Waals surface area contributed by atoms with E-state index in [1.807, 2.05) is 6.92 Å². The molecule has 2 atom stereocenters. The van der Waals surface area contributed by atoms with E-state index >= 15 is 0 Å². The van der Waals surface area contributed by atoms with Gasteiger partial charge in [0.05, 0.1) is 30.4 Å². The summed E-state index contributed by atoms with van der Waals surface area (Å²) < 4.78 is 0. The Morgan fingerprint density at radius 2 is 1.60 bits per heavy atom. The molecule has 0 radical (unpaired) electrons. The molecule has 1 heterocycles. The number of hydrogen-bond acceptors (Lipinski definition) is 7. The van der Waals surface area contributed by atoms with E-state index in [0.29, 0.717) is 0 Å². The van der Waals surface area contributed by atoms with Gasteiger partial charge in [-0.25, -0.2) is 0 Å². The van der Waals surface area contributed by atoms with Crippen LogP contribution in [-0.2, 0) is 28.8 Å². The summed E-state index contributed by atoms with van der Waals surface area (Å²) in [5, 5.41) is 13.5. The fraction of sp³-hybridized carbons (Fsp3) is 0.387. The number of hydrogen-bond donors (Lipinski definition) is 3. The van der Waals surface area contributed by atoms with Crippen LogP contribution in [0.1, 0.15) is 56.5 Å². The van der Waals surface area contributed by atoms with Crippen molar-refractivity contribution < 1.29 is 38.7 Å². The normalized spacial score (nSPS) is 14.8. The van der Waals surface area contributed by atoms with Crippen LogP contribution >= 0.6 is 0 Å². The van der Waals surface area contributed by atoms with Gasteiger partial charge < -0.3 is 25.4 Å². The maximum absolute atomic E-state index is 13.6. The number of carbonyl (C=O) groups is 7. The van der Waals surface area contributed by atoms with Crippen molar-refractivity contribution in [3.63, 3.8) is 0 Å². The first-order valence-corrected chi connectivity index (χ1v) is 13.9. The third-order valence-corrected chi connectivity index (χ3v) is 6.62. The Balaban J connectivity index is 0.00000119. The van der Waals surface area contributed by atoms with Gasteiger partial charge in [-0.05, 0) is 25.0 Å². The predicted molar refractivity (Wildman–Crippen MR) is 160 cm³/mol. The number of anilines is 2. The molecule has 0 aromatic heterocycles. The molecule has 1 aliphatic heterocycles. The number of para-hydroxylation sites is 2. The van der Waals surface area contributed by atoms with Crippen molar-refractivity contribution in [2.75, 3.05) is 22.9 Å². The van der Waals surface area contributed by atoms with Crippen molar-refractivity contribution in [2.45, 2.75) is 59.5 Å². The molecule has 0 bridgehead atoms. The summed E-state index contributed by atoms with van der Waals surface area (Å²) in [5.74, 6) is -4.48. The lowest BCUT2D eigenvalue weighted by Crippen LogP contribution is -2.55. The number of aliphatic carboxylic acids is 1. The SMILES string of the molecule is CC(=O)N1CC(NC(=O)C(=O)c2ccc(C)cc2)C(=O)N(CC(=O)NC(C=O)CC(=O)O)c2ccccc21.CCC(C)C. The number of benzene rings is 2. The van der Waals surface area contributed by atoms with Gasteiger partial charge in [-0.1, -0.05) is 69.2 Å². The zero-order valence-electron chi connectivity index (χ0n) is 25.0. The Labute approximate surface area is 250 Å². The molecule has 0 saturated heterocycles. The van der Waals surface area contributed by atoms with Gasteiger partial charge in [0.25, 0.3) is 11.8 Å². The first-order valence-electron chi connectivity index (χ1n) is 13.9. The van der Waals surface area contributed by atoms with Gasteiger partial charge in [0, 0.05) is 12.5 Å². The topological polar surface area (TPSA) is 170 Å². The molecule has 0 spiro atoms. The lowest BCUT2D eigenvalue weighted by atomic mass is 10.1. The standard InChI is InChI=1S/C26H26N4O8.C5H12/c1-15-7-9-17(10-8-15)24(36)25(37)28-19-12-29(16(2)32)20-5-3-4-6-21(20)30(26(19)38)13-22(33)27-18(14-31)11-23(34)35;1-4-5(2)3/h3-10,14,18-19H,11-13H2,1-2H3,(H,27,33)(H,28,37)(H,34,35);5H,4H2,1-3H3. The van der Waals surface area contributed by atoms with E-state index in [1.54, 1.807) is 30.3 Å². The van der Waals surface area contributed by atoms with Crippen LogP contribution in [0.4, 0.5) is 11.4 Å². The molecule has 43 heavy (non-hydrogen) atoms. The van der Waals surface area contributed by atoms with Crippen molar-refractivity contribution in [1.29, 1.82) is 0 Å². The van der Waals surface area contributed by atoms with Crippen LogP contribution in [0.3, 0.4) is 0 Å². The summed E-state index contributed by atoms with van der Waals surface area (Å²) >= 11 is 0. The molecule has 1 aliphatic rings. The van der Waals surface area contributed by atoms with Crippen LogP contribution in [0.5, 0.6) is 0 Å². The minimum Gasteiger partial charge on any atom is -0.481 e. The average Bonchev–Trinajstić information content (AvgIpc) is 3.07. The van der Waals surface area contributed by atoms with Crippen molar-refractivity contribution in [1.82, 2.24) is 10.6 Å². The Kier molecular flexibility index (Phi) is 12.7. The van der Waals surface area contributed by atoms with Gasteiger partial charge in [0.1, 0.15) is 18.9 Å². The molecule has 2 aromatic rings. The Morgan fingerprint density at radius 3 is 2.12 bits per heavy atom. The highest BCUT2D eigenvalue weighted by Crippen LogP contribution is 2.32. The van der Waals surface area contributed by atoms with E-state index in [9.17, 15) is 33.6 Å². The summed E-state index contributed by atoms with van der Waals surface area (Å²) in [6.45, 7) is 8.76. The molecule has 2 unspecified atom stereocenters. The Bertz CT molecular complexity index is 1360. The first-order chi connectivity index (χ1) is 20.3. The number of amides is 4. The third kappa shape index (κ3) is 9.87. The number of carbonyl (C=O) groups excluding carboxylic acids is 6. The lowest BCUT2D eigenvalue weighted by molar-refractivity contribution is -0.139. The number of fused-ring (bicyclic) bond motifs is 1. The Morgan fingerprint density at radius 1 is 1.02 bits per heavy atom. The van der Waals surface area contributed by atoms with Gasteiger partial charge in [-0.2, -0.15) is 0 Å². The third-order valence-electron chi connectivity index (χ3n) is 6.62. The van der Waals surface area contributed by atoms with Crippen LogP contribution in [0, 0.1) is 12.8 Å². The number of aryl methyl sites for hydroxylation is 1. The molecule has 0 aliphatic carbocycles. The van der Waals surface area contributed by atoms with Crippen LogP contribution in [0.25, 0.3) is 0 Å². The minimum absolute atomic E-state index is 0.107. The van der Waals surface area contributed by atoms with Crippen molar-refractivity contribution in [3.05, 3.63) is 59.7 Å². The molecule has 3 rings (SSSR count). The molecule has 3 N–H and O–H groups in total. The van der Waals surface area contributed by atoms with Crippen molar-refractivity contribution in [2.24, 2.45) is 5.92 Å². The first kappa shape index (κ1) is 34.3. The minimum atomic E-state index is -1.40. The molecule has 230 valence electrons. The monoisotopic (exact) mass is 594 g/mol. The second-order valence-electron chi connectivity index (χ2n) is 10.5. The smallest absolute Gasteiger partial charge is 0.305 e. The zero-order valence-corrected chi connectivity index (χ0v) is 25.0.